The number of amides is 2. The summed E-state index contributed by atoms with van der Waals surface area (Å²) in [5.74, 6) is -2.85. The summed E-state index contributed by atoms with van der Waals surface area (Å²) in [6.45, 7) is 0.106. The molecule has 0 heterocycles. The molecule has 0 spiro atoms. The van der Waals surface area contributed by atoms with Crippen molar-refractivity contribution in [1.82, 2.24) is 10.8 Å². The van der Waals surface area contributed by atoms with Crippen molar-refractivity contribution < 1.29 is 45.5 Å². The number of rotatable bonds is 9. The third-order valence-electron chi connectivity index (χ3n) is 4.87. The van der Waals surface area contributed by atoms with Crippen molar-refractivity contribution in [3.8, 4) is 0 Å². The molecule has 12 heteroatoms. The Labute approximate surface area is 195 Å². The van der Waals surface area contributed by atoms with Gasteiger partial charge in [0.25, 0.3) is 5.91 Å². The average Bonchev–Trinajstić information content (AvgIpc) is 2.79. The molecule has 0 fully saturated rings. The quantitative estimate of drug-likeness (QED) is 0.104. The van der Waals surface area contributed by atoms with Crippen LogP contribution in [0.2, 0.25) is 0 Å². The van der Waals surface area contributed by atoms with E-state index in [0.717, 1.165) is 36.4 Å². The summed E-state index contributed by atoms with van der Waals surface area (Å²) >= 11 is 0. The van der Waals surface area contributed by atoms with Gasteiger partial charge in [-0.1, -0.05) is 24.6 Å². The van der Waals surface area contributed by atoms with Crippen molar-refractivity contribution in [3.63, 3.8) is 0 Å². The SMILES string of the molecule is O=C(CCCCCNC(=O)C(=Cc1ccc(F)c(C(F)(F)F)c1)c1ccc(C(F)(F)F)cc1)NO. The van der Waals surface area contributed by atoms with E-state index in [1.165, 1.54) is 5.48 Å². The number of alkyl halides is 6. The van der Waals surface area contributed by atoms with E-state index in [0.29, 0.717) is 31.4 Å². The van der Waals surface area contributed by atoms with Crippen LogP contribution in [0.15, 0.2) is 42.5 Å². The lowest BCUT2D eigenvalue weighted by Gasteiger charge is -2.13. The predicted octanol–water partition coefficient (Wildman–Crippen LogP) is 5.59. The van der Waals surface area contributed by atoms with Crippen LogP contribution in [0.25, 0.3) is 11.6 Å². The number of benzene rings is 2. The molecule has 0 aliphatic heterocycles. The lowest BCUT2D eigenvalue weighted by molar-refractivity contribution is -0.140. The summed E-state index contributed by atoms with van der Waals surface area (Å²) < 4.78 is 91.5. The van der Waals surface area contributed by atoms with Crippen LogP contribution in [-0.4, -0.2) is 23.6 Å². The number of hydrogen-bond donors (Lipinski definition) is 3. The monoisotopic (exact) mass is 506 g/mol. The first-order valence-corrected chi connectivity index (χ1v) is 10.3. The summed E-state index contributed by atoms with van der Waals surface area (Å²) in [5.41, 5.74) is -1.45. The van der Waals surface area contributed by atoms with Gasteiger partial charge in [-0.05, 0) is 54.3 Å². The second-order valence-corrected chi connectivity index (χ2v) is 7.47. The Kier molecular flexibility index (Phi) is 9.40. The lowest BCUT2D eigenvalue weighted by Crippen LogP contribution is -2.25. The van der Waals surface area contributed by atoms with Gasteiger partial charge in [0.05, 0.1) is 11.1 Å². The van der Waals surface area contributed by atoms with E-state index in [4.69, 9.17) is 5.21 Å². The largest absolute Gasteiger partial charge is 0.419 e. The van der Waals surface area contributed by atoms with E-state index in [2.05, 4.69) is 5.32 Å². The maximum atomic E-state index is 13.6. The smallest absolute Gasteiger partial charge is 0.352 e. The highest BCUT2D eigenvalue weighted by Crippen LogP contribution is 2.33. The molecule has 0 aromatic heterocycles. The molecule has 0 aliphatic carbocycles. The van der Waals surface area contributed by atoms with Crippen molar-refractivity contribution >= 4 is 23.5 Å². The van der Waals surface area contributed by atoms with Gasteiger partial charge >= 0.3 is 12.4 Å². The third-order valence-corrected chi connectivity index (χ3v) is 4.87. The Hall–Kier alpha value is -3.41. The zero-order valence-corrected chi connectivity index (χ0v) is 18.1. The molecule has 190 valence electrons. The molecule has 2 rings (SSSR count). The van der Waals surface area contributed by atoms with Gasteiger partial charge < -0.3 is 5.32 Å². The zero-order valence-electron chi connectivity index (χ0n) is 18.1. The van der Waals surface area contributed by atoms with Gasteiger partial charge in [0.15, 0.2) is 0 Å². The maximum Gasteiger partial charge on any atom is 0.419 e. The van der Waals surface area contributed by atoms with Crippen molar-refractivity contribution in [3.05, 3.63) is 70.5 Å². The van der Waals surface area contributed by atoms with Gasteiger partial charge in [-0.2, -0.15) is 26.3 Å². The zero-order chi connectivity index (χ0) is 26.2. The van der Waals surface area contributed by atoms with Crippen molar-refractivity contribution in [2.24, 2.45) is 0 Å². The van der Waals surface area contributed by atoms with Gasteiger partial charge in [-0.25, -0.2) is 9.87 Å². The summed E-state index contributed by atoms with van der Waals surface area (Å²) in [5, 5.41) is 11.0. The standard InChI is InChI=1S/C23H21F7N2O3/c24-19-10-5-14(13-18(19)23(28,29)30)12-17(15-6-8-16(9-7-15)22(25,26)27)21(34)31-11-3-1-2-4-20(33)32-35/h5-10,12-13,35H,1-4,11H2,(H,31,34)(H,32,33). The number of nitrogens with one attached hydrogen (secondary N) is 2. The molecule has 35 heavy (non-hydrogen) atoms. The molecular weight excluding hydrogens is 485 g/mol. The van der Waals surface area contributed by atoms with Crippen molar-refractivity contribution in [2.45, 2.75) is 38.0 Å². The second-order valence-electron chi connectivity index (χ2n) is 7.47. The van der Waals surface area contributed by atoms with E-state index >= 15 is 0 Å². The predicted molar refractivity (Wildman–Crippen MR) is 112 cm³/mol. The van der Waals surface area contributed by atoms with Gasteiger partial charge in [0, 0.05) is 18.5 Å². The molecule has 0 atom stereocenters. The highest BCUT2D eigenvalue weighted by molar-refractivity contribution is 6.24. The summed E-state index contributed by atoms with van der Waals surface area (Å²) in [7, 11) is 0. The minimum atomic E-state index is -4.99. The Balaban J connectivity index is 2.28. The third kappa shape index (κ3) is 8.39. The highest BCUT2D eigenvalue weighted by Gasteiger charge is 2.34. The number of hydrogen-bond acceptors (Lipinski definition) is 3. The molecule has 0 saturated carbocycles. The Morgan fingerprint density at radius 3 is 2.11 bits per heavy atom. The van der Waals surface area contributed by atoms with E-state index in [1.54, 1.807) is 0 Å². The normalized spacial score (nSPS) is 12.4. The molecule has 5 nitrogen and oxygen atoms in total. The molecule has 0 unspecified atom stereocenters. The first-order valence-electron chi connectivity index (χ1n) is 10.3. The fraction of sp³-hybridized carbons (Fsp3) is 0.304. The Morgan fingerprint density at radius 1 is 0.886 bits per heavy atom. The first kappa shape index (κ1) is 27.8. The van der Waals surface area contributed by atoms with Gasteiger partial charge in [-0.3, -0.25) is 14.8 Å². The van der Waals surface area contributed by atoms with E-state index in [9.17, 15) is 40.3 Å². The topological polar surface area (TPSA) is 78.4 Å². The van der Waals surface area contributed by atoms with E-state index in [1.807, 2.05) is 0 Å². The number of hydroxylamine groups is 1. The molecule has 0 bridgehead atoms. The minimum absolute atomic E-state index is 0.00741. The molecule has 2 amide bonds. The van der Waals surface area contributed by atoms with Crippen LogP contribution in [-0.2, 0) is 21.9 Å². The molecule has 0 aliphatic rings. The average molecular weight is 506 g/mol. The molecule has 3 N–H and O–H groups in total. The van der Waals surface area contributed by atoms with Gasteiger partial charge in [-0.15, -0.1) is 0 Å². The second kappa shape index (κ2) is 11.8. The van der Waals surface area contributed by atoms with Crippen LogP contribution in [0.4, 0.5) is 30.7 Å². The minimum Gasteiger partial charge on any atom is -0.352 e. The number of carbonyl (C=O) groups is 2. The van der Waals surface area contributed by atoms with Crippen LogP contribution in [0.5, 0.6) is 0 Å². The van der Waals surface area contributed by atoms with Crippen molar-refractivity contribution in [1.29, 1.82) is 0 Å². The maximum absolute atomic E-state index is 13.6. The Morgan fingerprint density at radius 2 is 1.54 bits per heavy atom. The van der Waals surface area contributed by atoms with Crippen LogP contribution >= 0.6 is 0 Å². The van der Waals surface area contributed by atoms with Gasteiger partial charge in [0.2, 0.25) is 5.91 Å². The summed E-state index contributed by atoms with van der Waals surface area (Å²) in [6, 6.07) is 5.57. The molecular formula is C23H21F7N2O3. The van der Waals surface area contributed by atoms with Crippen LogP contribution in [0.3, 0.4) is 0 Å². The highest BCUT2D eigenvalue weighted by atomic mass is 19.4. The fourth-order valence-electron chi connectivity index (χ4n) is 3.08. The first-order chi connectivity index (χ1) is 16.3. The summed E-state index contributed by atoms with van der Waals surface area (Å²) in [4.78, 5) is 23.7. The number of unbranched alkanes of at least 4 members (excludes halogenated alkanes) is 2. The summed E-state index contributed by atoms with van der Waals surface area (Å²) in [6.07, 6.45) is -7.20. The molecule has 0 saturated heterocycles. The molecule has 2 aromatic carbocycles. The van der Waals surface area contributed by atoms with Crippen LogP contribution < -0.4 is 10.8 Å². The molecule has 0 radical (unpaired) electrons. The van der Waals surface area contributed by atoms with Crippen molar-refractivity contribution in [2.75, 3.05) is 6.54 Å². The van der Waals surface area contributed by atoms with Crippen LogP contribution in [0, 0.1) is 5.82 Å². The van der Waals surface area contributed by atoms with E-state index in [-0.39, 0.29) is 29.7 Å². The van der Waals surface area contributed by atoms with E-state index < -0.39 is 41.1 Å². The number of carbonyl (C=O) groups excluding carboxylic acids is 2. The Bertz CT molecular complexity index is 1060. The fourth-order valence-corrected chi connectivity index (χ4v) is 3.08. The van der Waals surface area contributed by atoms with Crippen LogP contribution in [0.1, 0.15) is 47.9 Å². The number of halogens is 7. The molecule has 2 aromatic rings. The van der Waals surface area contributed by atoms with Gasteiger partial charge in [0.1, 0.15) is 5.82 Å². The lowest BCUT2D eigenvalue weighted by atomic mass is 9.99.